The lowest BCUT2D eigenvalue weighted by molar-refractivity contribution is 0.150. The molecule has 3 heteroatoms. The number of rotatable bonds is 8. The highest BCUT2D eigenvalue weighted by atomic mass is 32.2. The Kier molecular flexibility index (Phi) is 7.34. The lowest BCUT2D eigenvalue weighted by Crippen LogP contribution is -2.22. The molecule has 0 fully saturated rings. The highest BCUT2D eigenvalue weighted by molar-refractivity contribution is 7.99. The summed E-state index contributed by atoms with van der Waals surface area (Å²) in [7, 11) is 0. The van der Waals surface area contributed by atoms with Gasteiger partial charge in [0.15, 0.2) is 0 Å². The fraction of sp³-hybridized carbons (Fsp3) is 0.500. The van der Waals surface area contributed by atoms with E-state index in [1.165, 1.54) is 4.90 Å². The number of hydrogen-bond donors (Lipinski definition) is 1. The molecule has 84 valence electrons. The van der Waals surface area contributed by atoms with E-state index >= 15 is 0 Å². The molecule has 1 aromatic rings. The summed E-state index contributed by atoms with van der Waals surface area (Å²) < 4.78 is 5.23. The van der Waals surface area contributed by atoms with Crippen molar-refractivity contribution in [1.29, 1.82) is 0 Å². The Morgan fingerprint density at radius 3 is 2.73 bits per heavy atom. The van der Waals surface area contributed by atoms with Crippen molar-refractivity contribution in [3.05, 3.63) is 30.3 Å². The average molecular weight is 225 g/mol. The monoisotopic (exact) mass is 225 g/mol. The molecule has 0 heterocycles. The Balaban J connectivity index is 1.93. The van der Waals surface area contributed by atoms with Gasteiger partial charge >= 0.3 is 0 Å². The smallest absolute Gasteiger partial charge is 0.0590 e. The van der Waals surface area contributed by atoms with Crippen molar-refractivity contribution < 1.29 is 4.74 Å². The second-order valence-corrected chi connectivity index (χ2v) is 4.28. The Morgan fingerprint density at radius 2 is 2.00 bits per heavy atom. The van der Waals surface area contributed by atoms with Gasteiger partial charge in [-0.3, -0.25) is 0 Å². The average Bonchev–Trinajstić information content (AvgIpc) is 2.29. The molecule has 0 atom stereocenters. The van der Waals surface area contributed by atoms with Crippen LogP contribution in [0.1, 0.15) is 6.92 Å². The van der Waals surface area contributed by atoms with Crippen LogP contribution in [0.5, 0.6) is 0 Å². The SMILES string of the molecule is CCOCCNCCSc1ccccc1. The van der Waals surface area contributed by atoms with Crippen molar-refractivity contribution in [3.63, 3.8) is 0 Å². The summed E-state index contributed by atoms with van der Waals surface area (Å²) in [5, 5.41) is 3.34. The standard InChI is InChI=1S/C12H19NOS/c1-2-14-10-8-13-9-11-15-12-6-4-3-5-7-12/h3-7,13H,2,8-11H2,1H3. The first-order chi connectivity index (χ1) is 7.43. The number of benzene rings is 1. The molecule has 0 spiro atoms. The van der Waals surface area contributed by atoms with Crippen molar-refractivity contribution in [2.75, 3.05) is 32.1 Å². The van der Waals surface area contributed by atoms with E-state index in [4.69, 9.17) is 4.74 Å². The first kappa shape index (κ1) is 12.6. The molecule has 0 aromatic heterocycles. The van der Waals surface area contributed by atoms with Gasteiger partial charge in [-0.25, -0.2) is 0 Å². The summed E-state index contributed by atoms with van der Waals surface area (Å²) in [5.74, 6) is 1.11. The lowest BCUT2D eigenvalue weighted by Gasteiger charge is -2.04. The van der Waals surface area contributed by atoms with Crippen LogP contribution in [-0.2, 0) is 4.74 Å². The molecule has 0 unspecified atom stereocenters. The van der Waals surface area contributed by atoms with Crippen LogP contribution in [-0.4, -0.2) is 32.1 Å². The van der Waals surface area contributed by atoms with E-state index < -0.39 is 0 Å². The second kappa shape index (κ2) is 8.77. The van der Waals surface area contributed by atoms with E-state index in [0.717, 1.165) is 32.1 Å². The molecule has 0 aliphatic rings. The Morgan fingerprint density at radius 1 is 1.20 bits per heavy atom. The molecule has 0 saturated heterocycles. The van der Waals surface area contributed by atoms with E-state index in [-0.39, 0.29) is 0 Å². The number of thioether (sulfide) groups is 1. The minimum Gasteiger partial charge on any atom is -0.380 e. The molecule has 0 saturated carbocycles. The third-order valence-corrected chi connectivity index (χ3v) is 2.93. The number of ether oxygens (including phenoxy) is 1. The lowest BCUT2D eigenvalue weighted by atomic mass is 10.4. The fourth-order valence-corrected chi connectivity index (χ4v) is 2.00. The van der Waals surface area contributed by atoms with Crippen LogP contribution in [0, 0.1) is 0 Å². The van der Waals surface area contributed by atoms with E-state index in [1.807, 2.05) is 24.8 Å². The van der Waals surface area contributed by atoms with Gasteiger partial charge in [-0.1, -0.05) is 18.2 Å². The van der Waals surface area contributed by atoms with Crippen LogP contribution in [0.25, 0.3) is 0 Å². The first-order valence-corrected chi connectivity index (χ1v) is 6.38. The molecule has 2 nitrogen and oxygen atoms in total. The normalized spacial score (nSPS) is 10.5. The predicted molar refractivity (Wildman–Crippen MR) is 66.5 cm³/mol. The minimum atomic E-state index is 0.806. The largest absolute Gasteiger partial charge is 0.380 e. The highest BCUT2D eigenvalue weighted by Crippen LogP contribution is 2.15. The Hall–Kier alpha value is -0.510. The fourth-order valence-electron chi connectivity index (χ4n) is 1.17. The van der Waals surface area contributed by atoms with Gasteiger partial charge in [0.2, 0.25) is 0 Å². The predicted octanol–water partition coefficient (Wildman–Crippen LogP) is 2.40. The summed E-state index contributed by atoms with van der Waals surface area (Å²) in [6, 6.07) is 10.5. The Labute approximate surface area is 96.4 Å². The third-order valence-electron chi connectivity index (χ3n) is 1.92. The zero-order valence-corrected chi connectivity index (χ0v) is 10.1. The van der Waals surface area contributed by atoms with Crippen LogP contribution in [0.4, 0.5) is 0 Å². The molecule has 0 bridgehead atoms. The molecule has 1 aromatic carbocycles. The number of nitrogens with one attached hydrogen (secondary N) is 1. The van der Waals surface area contributed by atoms with Gasteiger partial charge in [0.1, 0.15) is 0 Å². The van der Waals surface area contributed by atoms with Gasteiger partial charge in [0, 0.05) is 30.3 Å². The molecular formula is C12H19NOS. The van der Waals surface area contributed by atoms with Crippen molar-refractivity contribution in [1.82, 2.24) is 5.32 Å². The maximum absolute atomic E-state index is 5.23. The molecule has 0 radical (unpaired) electrons. The molecule has 1 N–H and O–H groups in total. The van der Waals surface area contributed by atoms with Gasteiger partial charge in [0.25, 0.3) is 0 Å². The van der Waals surface area contributed by atoms with Gasteiger partial charge in [-0.15, -0.1) is 11.8 Å². The van der Waals surface area contributed by atoms with Crippen molar-refractivity contribution in [2.45, 2.75) is 11.8 Å². The molecule has 0 aliphatic heterocycles. The molecule has 0 amide bonds. The van der Waals surface area contributed by atoms with Crippen LogP contribution < -0.4 is 5.32 Å². The van der Waals surface area contributed by atoms with E-state index in [0.29, 0.717) is 0 Å². The maximum atomic E-state index is 5.23. The second-order valence-electron chi connectivity index (χ2n) is 3.11. The first-order valence-electron chi connectivity index (χ1n) is 5.40. The minimum absolute atomic E-state index is 0.806. The van der Waals surface area contributed by atoms with E-state index in [1.54, 1.807) is 0 Å². The summed E-state index contributed by atoms with van der Waals surface area (Å²) in [5.41, 5.74) is 0. The quantitative estimate of drug-likeness (QED) is 0.542. The van der Waals surface area contributed by atoms with Gasteiger partial charge in [0.05, 0.1) is 6.61 Å². The third kappa shape index (κ3) is 6.55. The Bertz CT molecular complexity index is 241. The van der Waals surface area contributed by atoms with Crippen LogP contribution in [0.3, 0.4) is 0 Å². The summed E-state index contributed by atoms with van der Waals surface area (Å²) >= 11 is 1.88. The van der Waals surface area contributed by atoms with Crippen molar-refractivity contribution in [2.24, 2.45) is 0 Å². The number of hydrogen-bond acceptors (Lipinski definition) is 3. The van der Waals surface area contributed by atoms with Gasteiger partial charge < -0.3 is 10.1 Å². The van der Waals surface area contributed by atoms with Crippen molar-refractivity contribution in [3.8, 4) is 0 Å². The van der Waals surface area contributed by atoms with Crippen LogP contribution in [0.15, 0.2) is 35.2 Å². The molecule has 0 aliphatic carbocycles. The highest BCUT2D eigenvalue weighted by Gasteiger charge is 1.92. The molecule has 1 rings (SSSR count). The topological polar surface area (TPSA) is 21.3 Å². The zero-order valence-electron chi connectivity index (χ0n) is 9.24. The van der Waals surface area contributed by atoms with E-state index in [9.17, 15) is 0 Å². The summed E-state index contributed by atoms with van der Waals surface area (Å²) in [6.45, 7) is 5.62. The van der Waals surface area contributed by atoms with Crippen molar-refractivity contribution >= 4 is 11.8 Å². The van der Waals surface area contributed by atoms with Gasteiger partial charge in [-0.2, -0.15) is 0 Å². The van der Waals surface area contributed by atoms with Crippen LogP contribution >= 0.6 is 11.8 Å². The molecular weight excluding hydrogens is 206 g/mol. The summed E-state index contributed by atoms with van der Waals surface area (Å²) in [6.07, 6.45) is 0. The zero-order chi connectivity index (χ0) is 10.8. The van der Waals surface area contributed by atoms with E-state index in [2.05, 4.69) is 29.6 Å². The van der Waals surface area contributed by atoms with Crippen LogP contribution in [0.2, 0.25) is 0 Å². The maximum Gasteiger partial charge on any atom is 0.0590 e. The summed E-state index contributed by atoms with van der Waals surface area (Å²) in [4.78, 5) is 1.34. The molecule has 15 heavy (non-hydrogen) atoms. The van der Waals surface area contributed by atoms with Gasteiger partial charge in [-0.05, 0) is 19.1 Å².